The van der Waals surface area contributed by atoms with E-state index in [1.54, 1.807) is 0 Å². The van der Waals surface area contributed by atoms with Crippen LogP contribution >= 0.6 is 0 Å². The van der Waals surface area contributed by atoms with E-state index in [0.717, 1.165) is 0 Å². The zero-order valence-corrected chi connectivity index (χ0v) is 8.08. The predicted octanol–water partition coefficient (Wildman–Crippen LogP) is -0.560. The summed E-state index contributed by atoms with van der Waals surface area (Å²) in [7, 11) is 0. The number of hydrogen-bond acceptors (Lipinski definition) is 5. The van der Waals surface area contributed by atoms with Crippen molar-refractivity contribution in [1.82, 2.24) is 0 Å². The third-order valence-corrected chi connectivity index (χ3v) is 2.26. The van der Waals surface area contributed by atoms with Gasteiger partial charge in [-0.25, -0.2) is 0 Å². The Kier molecular flexibility index (Phi) is 2.69. The number of ether oxygens (including phenoxy) is 2. The van der Waals surface area contributed by atoms with Gasteiger partial charge in [0, 0.05) is 0 Å². The number of alkyl halides is 2. The number of carbonyl (C=O) groups is 2. The quantitative estimate of drug-likeness (QED) is 0.599. The Balaban J connectivity index is 2.81. The molecule has 1 heterocycles. The Morgan fingerprint density at radius 3 is 2.60 bits per heavy atom. The van der Waals surface area contributed by atoms with Crippen molar-refractivity contribution < 1.29 is 33.0 Å². The summed E-state index contributed by atoms with van der Waals surface area (Å²) in [5, 5.41) is 10.0. The first-order chi connectivity index (χ1) is 6.67. The number of halogens is 2. The molecule has 0 saturated carbocycles. The van der Waals surface area contributed by atoms with Gasteiger partial charge in [-0.1, -0.05) is 0 Å². The van der Waals surface area contributed by atoms with Crippen LogP contribution in [0.2, 0.25) is 0 Å². The number of carbonyl (C=O) groups excluding carboxylic acids is 2. The van der Waals surface area contributed by atoms with Gasteiger partial charge in [-0.15, -0.1) is 0 Å². The third-order valence-electron chi connectivity index (χ3n) is 2.26. The Morgan fingerprint density at radius 1 is 1.73 bits per heavy atom. The number of hydrogen-bond donors (Lipinski definition) is 0. The van der Waals surface area contributed by atoms with Gasteiger partial charge in [0.2, 0.25) is 0 Å². The highest BCUT2D eigenvalue weighted by molar-refractivity contribution is 5.74. The summed E-state index contributed by atoms with van der Waals surface area (Å²) in [6.45, 7) is 2.52. The minimum absolute atomic E-state index is 0.420. The lowest BCUT2D eigenvalue weighted by molar-refractivity contribution is -0.377. The number of cyclic esters (lactones) is 1. The molecule has 0 aliphatic carbocycles. The van der Waals surface area contributed by atoms with Gasteiger partial charge in [-0.2, -0.15) is 8.78 Å². The molecule has 1 saturated heterocycles. The molecule has 15 heavy (non-hydrogen) atoms. The van der Waals surface area contributed by atoms with E-state index >= 15 is 0 Å². The molecule has 1 fully saturated rings. The van der Waals surface area contributed by atoms with E-state index in [9.17, 15) is 23.5 Å². The van der Waals surface area contributed by atoms with E-state index in [1.807, 2.05) is 0 Å². The summed E-state index contributed by atoms with van der Waals surface area (Å²) in [4.78, 5) is 20.8. The summed E-state index contributed by atoms with van der Waals surface area (Å²) in [6.07, 6.45) is -5.79. The van der Waals surface area contributed by atoms with Crippen molar-refractivity contribution in [2.45, 2.75) is 38.1 Å². The second-order valence-electron chi connectivity index (χ2n) is 3.53. The highest BCUT2D eigenvalue weighted by atomic mass is 19.3. The van der Waals surface area contributed by atoms with E-state index in [0.29, 0.717) is 0 Å². The van der Waals surface area contributed by atoms with Crippen molar-refractivity contribution in [3.63, 3.8) is 0 Å². The number of carboxylic acids is 1. The van der Waals surface area contributed by atoms with Gasteiger partial charge in [0.25, 0.3) is 0 Å². The lowest BCUT2D eigenvalue weighted by Gasteiger charge is -2.31. The van der Waals surface area contributed by atoms with Crippen LogP contribution in [0.4, 0.5) is 8.78 Å². The molecule has 2 unspecified atom stereocenters. The molecular formula is C8H9F2O5-. The first-order valence-electron chi connectivity index (χ1n) is 4.16. The van der Waals surface area contributed by atoms with Crippen LogP contribution in [-0.2, 0) is 19.1 Å². The first-order valence-corrected chi connectivity index (χ1v) is 4.16. The molecule has 1 aliphatic heterocycles. The van der Waals surface area contributed by atoms with E-state index in [4.69, 9.17) is 0 Å². The molecular weight excluding hydrogens is 214 g/mol. The lowest BCUT2D eigenvalue weighted by atomic mass is 9.99. The average Bonchev–Trinajstić information content (AvgIpc) is 2.23. The number of rotatable bonds is 3. The van der Waals surface area contributed by atoms with Crippen LogP contribution in [0.1, 0.15) is 20.3 Å². The minimum Gasteiger partial charge on any atom is -0.542 e. The predicted molar refractivity (Wildman–Crippen MR) is 39.6 cm³/mol. The van der Waals surface area contributed by atoms with Gasteiger partial charge < -0.3 is 19.4 Å². The summed E-state index contributed by atoms with van der Waals surface area (Å²) < 4.78 is 34.1. The van der Waals surface area contributed by atoms with Crippen LogP contribution < -0.4 is 5.11 Å². The zero-order valence-electron chi connectivity index (χ0n) is 8.08. The molecule has 0 amide bonds. The standard InChI is InChI=1S/C8H10F2O5/c1-4-7(2,3-5(11)14-4)15-8(9,10)6(12)13/h4H,3H2,1-2H3,(H,12,13)/p-1. The molecule has 0 radical (unpaired) electrons. The fourth-order valence-electron chi connectivity index (χ4n) is 1.25. The highest BCUT2D eigenvalue weighted by Crippen LogP contribution is 2.35. The van der Waals surface area contributed by atoms with Gasteiger partial charge in [-0.3, -0.25) is 4.79 Å². The van der Waals surface area contributed by atoms with Crippen molar-refractivity contribution >= 4 is 11.9 Å². The van der Waals surface area contributed by atoms with Gasteiger partial charge in [-0.05, 0) is 13.8 Å². The molecule has 5 nitrogen and oxygen atoms in total. The third kappa shape index (κ3) is 2.23. The van der Waals surface area contributed by atoms with Crippen LogP contribution in [0.3, 0.4) is 0 Å². The SMILES string of the molecule is CC1OC(=O)CC1(C)OC(F)(F)C(=O)[O-]. The van der Waals surface area contributed by atoms with E-state index in [1.165, 1.54) is 13.8 Å². The molecule has 0 aromatic rings. The summed E-state index contributed by atoms with van der Waals surface area (Å²) in [6, 6.07) is 0. The average molecular weight is 223 g/mol. The fraction of sp³-hybridized carbons (Fsp3) is 0.750. The van der Waals surface area contributed by atoms with Crippen LogP contribution in [0.25, 0.3) is 0 Å². The van der Waals surface area contributed by atoms with Crippen LogP contribution in [-0.4, -0.2) is 29.8 Å². The molecule has 0 aromatic carbocycles. The number of esters is 1. The second kappa shape index (κ2) is 3.41. The van der Waals surface area contributed by atoms with Gasteiger partial charge >= 0.3 is 12.1 Å². The molecule has 7 heteroatoms. The number of carboxylic acid groups (broad SMARTS) is 1. The van der Waals surface area contributed by atoms with Crippen molar-refractivity contribution in [2.24, 2.45) is 0 Å². The Labute approximate surface area is 84.0 Å². The normalized spacial score (nSPS) is 31.5. The fourth-order valence-corrected chi connectivity index (χ4v) is 1.25. The van der Waals surface area contributed by atoms with Crippen LogP contribution in [0, 0.1) is 0 Å². The van der Waals surface area contributed by atoms with Crippen molar-refractivity contribution in [2.75, 3.05) is 0 Å². The lowest BCUT2D eigenvalue weighted by Crippen LogP contribution is -2.51. The van der Waals surface area contributed by atoms with Crippen molar-refractivity contribution in [1.29, 1.82) is 0 Å². The zero-order chi connectivity index (χ0) is 11.9. The largest absolute Gasteiger partial charge is 0.542 e. The molecule has 0 N–H and O–H groups in total. The molecule has 86 valence electrons. The van der Waals surface area contributed by atoms with Gasteiger partial charge in [0.15, 0.2) is 0 Å². The summed E-state index contributed by atoms with van der Waals surface area (Å²) in [5.74, 6) is -3.35. The monoisotopic (exact) mass is 223 g/mol. The van der Waals surface area contributed by atoms with Crippen LogP contribution in [0.15, 0.2) is 0 Å². The molecule has 2 atom stereocenters. The number of aliphatic carboxylic acids is 1. The van der Waals surface area contributed by atoms with E-state index < -0.39 is 36.2 Å². The minimum atomic E-state index is -4.43. The maximum atomic E-state index is 12.7. The molecule has 0 bridgehead atoms. The summed E-state index contributed by atoms with van der Waals surface area (Å²) >= 11 is 0. The Bertz CT molecular complexity index is 303. The van der Waals surface area contributed by atoms with Crippen molar-refractivity contribution in [3.8, 4) is 0 Å². The van der Waals surface area contributed by atoms with Gasteiger partial charge in [0.1, 0.15) is 17.7 Å². The summed E-state index contributed by atoms with van der Waals surface area (Å²) in [5.41, 5.74) is -1.65. The topological polar surface area (TPSA) is 75.7 Å². The Morgan fingerprint density at radius 2 is 2.27 bits per heavy atom. The molecule has 1 aliphatic rings. The highest BCUT2D eigenvalue weighted by Gasteiger charge is 2.51. The second-order valence-corrected chi connectivity index (χ2v) is 3.53. The molecule has 1 rings (SSSR count). The molecule has 0 aromatic heterocycles. The van der Waals surface area contributed by atoms with E-state index in [2.05, 4.69) is 9.47 Å². The van der Waals surface area contributed by atoms with Crippen LogP contribution in [0.5, 0.6) is 0 Å². The smallest absolute Gasteiger partial charge is 0.398 e. The van der Waals surface area contributed by atoms with Gasteiger partial charge in [0.05, 0.1) is 6.42 Å². The molecule has 0 spiro atoms. The maximum absolute atomic E-state index is 12.7. The maximum Gasteiger partial charge on any atom is 0.398 e. The van der Waals surface area contributed by atoms with Crippen molar-refractivity contribution in [3.05, 3.63) is 0 Å². The first kappa shape index (κ1) is 11.8. The Hall–Kier alpha value is -1.24. The van der Waals surface area contributed by atoms with E-state index in [-0.39, 0.29) is 0 Å².